The van der Waals surface area contributed by atoms with Crippen LogP contribution in [0.1, 0.15) is 50.7 Å². The molecular weight excluding hydrogens is 200 g/mol. The van der Waals surface area contributed by atoms with Gasteiger partial charge in [0.1, 0.15) is 17.1 Å². The van der Waals surface area contributed by atoms with Gasteiger partial charge in [-0.15, -0.1) is 0 Å². The number of phenolic OH excluding ortho intramolecular Hbond substituents is 1. The Morgan fingerprint density at radius 2 is 2.12 bits per heavy atom. The lowest BCUT2D eigenvalue weighted by Gasteiger charge is -2.38. The van der Waals surface area contributed by atoms with Crippen LogP contribution in [0, 0.1) is 6.92 Å². The molecule has 0 saturated heterocycles. The van der Waals surface area contributed by atoms with Crippen LogP contribution >= 0.6 is 0 Å². The van der Waals surface area contributed by atoms with Crippen LogP contribution in [0.2, 0.25) is 0 Å². The summed E-state index contributed by atoms with van der Waals surface area (Å²) >= 11 is 0. The molecule has 88 valence electrons. The molecule has 0 aromatic heterocycles. The Balaban J connectivity index is 2.54. The van der Waals surface area contributed by atoms with Crippen LogP contribution in [0.3, 0.4) is 0 Å². The van der Waals surface area contributed by atoms with Crippen molar-refractivity contribution in [3.63, 3.8) is 0 Å². The summed E-state index contributed by atoms with van der Waals surface area (Å²) in [4.78, 5) is 0. The lowest BCUT2D eigenvalue weighted by atomic mass is 9.82. The smallest absolute Gasteiger partial charge is 0.130 e. The van der Waals surface area contributed by atoms with Crippen LogP contribution in [-0.2, 0) is 0 Å². The second-order valence-corrected chi connectivity index (χ2v) is 5.30. The Morgan fingerprint density at radius 3 is 2.75 bits per heavy atom. The average molecular weight is 220 g/mol. The van der Waals surface area contributed by atoms with Gasteiger partial charge >= 0.3 is 0 Å². The first-order valence-electron chi connectivity index (χ1n) is 5.96. The monoisotopic (exact) mass is 220 g/mol. The fraction of sp³-hybridized carbons (Fsp3) is 0.571. The zero-order chi connectivity index (χ0) is 11.9. The third-order valence-corrected chi connectivity index (χ3v) is 3.46. The highest BCUT2D eigenvalue weighted by molar-refractivity contribution is 5.51. The first-order valence-corrected chi connectivity index (χ1v) is 5.96. The highest BCUT2D eigenvalue weighted by atomic mass is 16.5. The standard InChI is InChI=1S/C14H20O2/c1-5-10-8-14(3,4)16-13-9(2)12(15)7-6-11(10)13/h6-7,10,15H,5,8H2,1-4H3. The van der Waals surface area contributed by atoms with Gasteiger partial charge in [0.15, 0.2) is 0 Å². The zero-order valence-corrected chi connectivity index (χ0v) is 10.5. The van der Waals surface area contributed by atoms with E-state index in [1.807, 2.05) is 13.0 Å². The number of hydrogen-bond donors (Lipinski definition) is 1. The summed E-state index contributed by atoms with van der Waals surface area (Å²) in [5.74, 6) is 1.76. The first-order chi connectivity index (χ1) is 7.44. The van der Waals surface area contributed by atoms with Gasteiger partial charge in [-0.3, -0.25) is 0 Å². The van der Waals surface area contributed by atoms with E-state index in [0.29, 0.717) is 11.7 Å². The second-order valence-electron chi connectivity index (χ2n) is 5.30. The minimum atomic E-state index is -0.133. The molecule has 0 aliphatic carbocycles. The van der Waals surface area contributed by atoms with Gasteiger partial charge in [-0.05, 0) is 51.2 Å². The minimum absolute atomic E-state index is 0.133. The number of hydrogen-bond acceptors (Lipinski definition) is 2. The molecule has 0 saturated carbocycles. The Hall–Kier alpha value is -1.18. The molecule has 0 spiro atoms. The maximum atomic E-state index is 9.72. The number of aromatic hydroxyl groups is 1. The molecule has 1 heterocycles. The van der Waals surface area contributed by atoms with Gasteiger partial charge in [0.2, 0.25) is 0 Å². The first kappa shape index (κ1) is 11.3. The SMILES string of the molecule is CCC1CC(C)(C)Oc2c1ccc(O)c2C. The summed E-state index contributed by atoms with van der Waals surface area (Å²) in [6.07, 6.45) is 2.16. The van der Waals surface area contributed by atoms with Crippen molar-refractivity contribution in [2.24, 2.45) is 0 Å². The molecule has 0 radical (unpaired) electrons. The Labute approximate surface area is 97.3 Å². The summed E-state index contributed by atoms with van der Waals surface area (Å²) in [6.45, 7) is 8.35. The maximum Gasteiger partial charge on any atom is 0.130 e. The third kappa shape index (κ3) is 1.77. The van der Waals surface area contributed by atoms with Crippen LogP contribution in [0.5, 0.6) is 11.5 Å². The topological polar surface area (TPSA) is 29.5 Å². The molecule has 2 nitrogen and oxygen atoms in total. The normalized spacial score (nSPS) is 22.4. The molecule has 1 N–H and O–H groups in total. The highest BCUT2D eigenvalue weighted by Gasteiger charge is 2.34. The van der Waals surface area contributed by atoms with Gasteiger partial charge in [0, 0.05) is 5.56 Å². The molecule has 1 aromatic carbocycles. The van der Waals surface area contributed by atoms with Crippen LogP contribution in [0.4, 0.5) is 0 Å². The number of benzene rings is 1. The van der Waals surface area contributed by atoms with Crippen LogP contribution in [0.25, 0.3) is 0 Å². The van der Waals surface area contributed by atoms with Crippen molar-refractivity contribution < 1.29 is 9.84 Å². The van der Waals surface area contributed by atoms with Crippen molar-refractivity contribution in [1.82, 2.24) is 0 Å². The second kappa shape index (κ2) is 3.69. The number of phenols is 1. The quantitative estimate of drug-likeness (QED) is 0.781. The van der Waals surface area contributed by atoms with Crippen LogP contribution < -0.4 is 4.74 Å². The predicted octanol–water partition coefficient (Wildman–Crippen LogP) is 3.76. The van der Waals surface area contributed by atoms with Crippen LogP contribution in [-0.4, -0.2) is 10.7 Å². The highest BCUT2D eigenvalue weighted by Crippen LogP contribution is 2.45. The van der Waals surface area contributed by atoms with Crippen molar-refractivity contribution in [2.45, 2.75) is 52.1 Å². The summed E-state index contributed by atoms with van der Waals surface area (Å²) in [5.41, 5.74) is 1.98. The van der Waals surface area contributed by atoms with Crippen molar-refractivity contribution in [1.29, 1.82) is 0 Å². The van der Waals surface area contributed by atoms with Gasteiger partial charge in [0.05, 0.1) is 0 Å². The number of rotatable bonds is 1. The molecule has 16 heavy (non-hydrogen) atoms. The van der Waals surface area contributed by atoms with E-state index >= 15 is 0 Å². The van der Waals surface area contributed by atoms with Gasteiger partial charge in [0.25, 0.3) is 0 Å². The van der Waals surface area contributed by atoms with E-state index in [1.165, 1.54) is 5.56 Å². The van der Waals surface area contributed by atoms with Gasteiger partial charge < -0.3 is 9.84 Å². The molecule has 2 heteroatoms. The Bertz CT molecular complexity index is 407. The lowest BCUT2D eigenvalue weighted by molar-refractivity contribution is 0.0699. The Kier molecular flexibility index (Phi) is 2.61. The summed E-state index contributed by atoms with van der Waals surface area (Å²) in [6, 6.07) is 3.78. The Morgan fingerprint density at radius 1 is 1.44 bits per heavy atom. The van der Waals surface area contributed by atoms with E-state index in [-0.39, 0.29) is 5.60 Å². The van der Waals surface area contributed by atoms with Crippen molar-refractivity contribution in [2.75, 3.05) is 0 Å². The van der Waals surface area contributed by atoms with E-state index in [2.05, 4.69) is 20.8 Å². The molecule has 1 aliphatic heterocycles. The molecule has 0 fully saturated rings. The fourth-order valence-electron chi connectivity index (χ4n) is 2.54. The zero-order valence-electron chi connectivity index (χ0n) is 10.5. The van der Waals surface area contributed by atoms with Crippen molar-refractivity contribution >= 4 is 0 Å². The number of fused-ring (bicyclic) bond motifs is 1. The summed E-state index contributed by atoms with van der Waals surface area (Å²) in [7, 11) is 0. The molecular formula is C14H20O2. The molecule has 1 atom stereocenters. The average Bonchev–Trinajstić information content (AvgIpc) is 2.22. The van der Waals surface area contributed by atoms with Gasteiger partial charge in [-0.25, -0.2) is 0 Å². The van der Waals surface area contributed by atoms with Crippen molar-refractivity contribution in [3.8, 4) is 11.5 Å². The van der Waals surface area contributed by atoms with Gasteiger partial charge in [-0.1, -0.05) is 13.0 Å². The van der Waals surface area contributed by atoms with E-state index in [4.69, 9.17) is 4.74 Å². The van der Waals surface area contributed by atoms with E-state index in [1.54, 1.807) is 6.07 Å². The molecule has 1 aromatic rings. The predicted molar refractivity (Wildman–Crippen MR) is 65.2 cm³/mol. The maximum absolute atomic E-state index is 9.72. The molecule has 2 rings (SSSR count). The molecule has 1 unspecified atom stereocenters. The van der Waals surface area contributed by atoms with E-state index < -0.39 is 0 Å². The lowest BCUT2D eigenvalue weighted by Crippen LogP contribution is -2.35. The van der Waals surface area contributed by atoms with Crippen molar-refractivity contribution in [3.05, 3.63) is 23.3 Å². The van der Waals surface area contributed by atoms with Crippen LogP contribution in [0.15, 0.2) is 12.1 Å². The summed E-state index contributed by atoms with van der Waals surface area (Å²) < 4.78 is 6.00. The fourth-order valence-corrected chi connectivity index (χ4v) is 2.54. The molecule has 0 amide bonds. The van der Waals surface area contributed by atoms with E-state index in [9.17, 15) is 5.11 Å². The molecule has 1 aliphatic rings. The van der Waals surface area contributed by atoms with Gasteiger partial charge in [-0.2, -0.15) is 0 Å². The largest absolute Gasteiger partial charge is 0.508 e. The van der Waals surface area contributed by atoms with E-state index in [0.717, 1.165) is 24.2 Å². The molecule has 0 bridgehead atoms. The minimum Gasteiger partial charge on any atom is -0.508 e. The number of ether oxygens (including phenoxy) is 1. The third-order valence-electron chi connectivity index (χ3n) is 3.46. The summed E-state index contributed by atoms with van der Waals surface area (Å²) in [5, 5.41) is 9.72.